The fourth-order valence-corrected chi connectivity index (χ4v) is 3.80. The SMILES string of the molecule is CC(=O)Nc1cccc(N[C@H](C)C(=O)Nc2ccc(S(=O)(=O)NC(C)C)cc2)c1. The summed E-state index contributed by atoms with van der Waals surface area (Å²) < 4.78 is 26.8. The van der Waals surface area contributed by atoms with Gasteiger partial charge in [0.05, 0.1) is 4.90 Å². The molecular formula is C20H26N4O4S. The summed E-state index contributed by atoms with van der Waals surface area (Å²) in [5.41, 5.74) is 1.79. The molecule has 29 heavy (non-hydrogen) atoms. The molecule has 2 aromatic carbocycles. The van der Waals surface area contributed by atoms with Gasteiger partial charge in [0.25, 0.3) is 0 Å². The number of amides is 2. The van der Waals surface area contributed by atoms with Crippen LogP contribution in [0.4, 0.5) is 17.1 Å². The predicted molar refractivity (Wildman–Crippen MR) is 114 cm³/mol. The zero-order valence-electron chi connectivity index (χ0n) is 16.8. The van der Waals surface area contributed by atoms with Crippen LogP contribution in [0, 0.1) is 0 Å². The largest absolute Gasteiger partial charge is 0.374 e. The van der Waals surface area contributed by atoms with Crippen LogP contribution in [0.5, 0.6) is 0 Å². The van der Waals surface area contributed by atoms with Crippen molar-refractivity contribution in [3.63, 3.8) is 0 Å². The summed E-state index contributed by atoms with van der Waals surface area (Å²) in [7, 11) is -3.58. The first-order valence-corrected chi connectivity index (χ1v) is 10.6. The molecule has 0 heterocycles. The Morgan fingerprint density at radius 1 is 0.862 bits per heavy atom. The van der Waals surface area contributed by atoms with Crippen molar-refractivity contribution < 1.29 is 18.0 Å². The quantitative estimate of drug-likeness (QED) is 0.526. The molecule has 2 rings (SSSR count). The molecule has 0 saturated carbocycles. The molecular weight excluding hydrogens is 392 g/mol. The Kier molecular flexibility index (Phi) is 7.35. The second kappa shape index (κ2) is 9.53. The van der Waals surface area contributed by atoms with E-state index in [-0.39, 0.29) is 22.8 Å². The molecule has 4 N–H and O–H groups in total. The number of hydrogen-bond donors (Lipinski definition) is 4. The van der Waals surface area contributed by atoms with Gasteiger partial charge in [0.15, 0.2) is 0 Å². The third-order valence-corrected chi connectivity index (χ3v) is 5.46. The highest BCUT2D eigenvalue weighted by Crippen LogP contribution is 2.17. The summed E-state index contributed by atoms with van der Waals surface area (Å²) in [6, 6.07) is 12.2. The van der Waals surface area contributed by atoms with Crippen molar-refractivity contribution in [2.45, 2.75) is 44.7 Å². The first-order chi connectivity index (χ1) is 13.6. The van der Waals surface area contributed by atoms with Crippen molar-refractivity contribution in [1.82, 2.24) is 4.72 Å². The lowest BCUT2D eigenvalue weighted by Gasteiger charge is -2.16. The van der Waals surface area contributed by atoms with E-state index in [1.54, 1.807) is 45.0 Å². The monoisotopic (exact) mass is 418 g/mol. The summed E-state index contributed by atoms with van der Waals surface area (Å²) in [4.78, 5) is 23.7. The molecule has 0 unspecified atom stereocenters. The van der Waals surface area contributed by atoms with Gasteiger partial charge in [0, 0.05) is 30.0 Å². The summed E-state index contributed by atoms with van der Waals surface area (Å²) in [5.74, 6) is -0.465. The molecule has 2 aromatic rings. The molecule has 0 aliphatic carbocycles. The Hall–Kier alpha value is -2.91. The van der Waals surface area contributed by atoms with Crippen molar-refractivity contribution in [2.75, 3.05) is 16.0 Å². The first kappa shape index (κ1) is 22.4. The van der Waals surface area contributed by atoms with Crippen LogP contribution >= 0.6 is 0 Å². The molecule has 0 spiro atoms. The third-order valence-electron chi connectivity index (χ3n) is 3.78. The van der Waals surface area contributed by atoms with E-state index in [2.05, 4.69) is 20.7 Å². The topological polar surface area (TPSA) is 116 Å². The maximum absolute atomic E-state index is 12.4. The number of hydrogen-bond acceptors (Lipinski definition) is 5. The second-order valence-electron chi connectivity index (χ2n) is 6.92. The molecule has 0 aliphatic heterocycles. The van der Waals surface area contributed by atoms with E-state index in [0.717, 1.165) is 0 Å². The molecule has 2 amide bonds. The van der Waals surface area contributed by atoms with E-state index in [0.29, 0.717) is 17.1 Å². The second-order valence-corrected chi connectivity index (χ2v) is 8.63. The van der Waals surface area contributed by atoms with Crippen molar-refractivity contribution in [3.05, 3.63) is 48.5 Å². The zero-order valence-corrected chi connectivity index (χ0v) is 17.6. The van der Waals surface area contributed by atoms with Crippen LogP contribution < -0.4 is 20.7 Å². The van der Waals surface area contributed by atoms with Crippen LogP contribution in [0.15, 0.2) is 53.4 Å². The minimum absolute atomic E-state index is 0.130. The highest BCUT2D eigenvalue weighted by atomic mass is 32.2. The molecule has 0 radical (unpaired) electrons. The van der Waals surface area contributed by atoms with E-state index in [1.807, 2.05) is 0 Å². The molecule has 0 aliphatic rings. The fraction of sp³-hybridized carbons (Fsp3) is 0.300. The standard InChI is InChI=1S/C20H26N4O4S/c1-13(2)24-29(27,28)19-10-8-16(9-11-19)23-20(26)14(3)21-17-6-5-7-18(12-17)22-15(4)25/h5-14,21,24H,1-4H3,(H,22,25)(H,23,26)/t14-/m1/s1. The molecule has 156 valence electrons. The minimum atomic E-state index is -3.58. The van der Waals surface area contributed by atoms with Gasteiger partial charge < -0.3 is 16.0 Å². The van der Waals surface area contributed by atoms with E-state index in [9.17, 15) is 18.0 Å². The van der Waals surface area contributed by atoms with Gasteiger partial charge in [-0.15, -0.1) is 0 Å². The number of anilines is 3. The molecule has 9 heteroatoms. The van der Waals surface area contributed by atoms with Crippen LogP contribution in [0.2, 0.25) is 0 Å². The Labute approximate surface area is 171 Å². The van der Waals surface area contributed by atoms with Crippen LogP contribution in [0.25, 0.3) is 0 Å². The highest BCUT2D eigenvalue weighted by molar-refractivity contribution is 7.89. The average molecular weight is 419 g/mol. The highest BCUT2D eigenvalue weighted by Gasteiger charge is 2.16. The van der Waals surface area contributed by atoms with E-state index in [1.165, 1.54) is 31.2 Å². The van der Waals surface area contributed by atoms with Crippen molar-refractivity contribution in [1.29, 1.82) is 0 Å². The number of nitrogens with one attached hydrogen (secondary N) is 4. The molecule has 8 nitrogen and oxygen atoms in total. The smallest absolute Gasteiger partial charge is 0.246 e. The summed E-state index contributed by atoms with van der Waals surface area (Å²) >= 11 is 0. The van der Waals surface area contributed by atoms with Crippen molar-refractivity contribution >= 4 is 38.9 Å². The van der Waals surface area contributed by atoms with Gasteiger partial charge in [-0.25, -0.2) is 13.1 Å². The fourth-order valence-electron chi connectivity index (χ4n) is 2.55. The molecule has 0 bridgehead atoms. The lowest BCUT2D eigenvalue weighted by Crippen LogP contribution is -2.32. The van der Waals surface area contributed by atoms with Crippen LogP contribution in [-0.2, 0) is 19.6 Å². The summed E-state index contributed by atoms with van der Waals surface area (Å²) in [6.45, 7) is 6.61. The van der Waals surface area contributed by atoms with Crippen LogP contribution in [0.1, 0.15) is 27.7 Å². The minimum Gasteiger partial charge on any atom is -0.374 e. The van der Waals surface area contributed by atoms with Crippen molar-refractivity contribution in [2.24, 2.45) is 0 Å². The summed E-state index contributed by atoms with van der Waals surface area (Å²) in [5, 5.41) is 8.49. The maximum Gasteiger partial charge on any atom is 0.246 e. The first-order valence-electron chi connectivity index (χ1n) is 9.14. The predicted octanol–water partition coefficient (Wildman–Crippen LogP) is 2.77. The maximum atomic E-state index is 12.4. The van der Waals surface area contributed by atoms with Gasteiger partial charge in [-0.3, -0.25) is 9.59 Å². The van der Waals surface area contributed by atoms with E-state index in [4.69, 9.17) is 0 Å². The zero-order chi connectivity index (χ0) is 21.6. The number of sulfonamides is 1. The van der Waals surface area contributed by atoms with Crippen LogP contribution in [0.3, 0.4) is 0 Å². The van der Waals surface area contributed by atoms with Gasteiger partial charge in [-0.1, -0.05) is 6.07 Å². The molecule has 0 aromatic heterocycles. The Morgan fingerprint density at radius 2 is 1.48 bits per heavy atom. The number of rotatable bonds is 8. The Bertz CT molecular complexity index is 972. The van der Waals surface area contributed by atoms with Gasteiger partial charge in [-0.2, -0.15) is 0 Å². The van der Waals surface area contributed by atoms with Gasteiger partial charge in [-0.05, 0) is 63.2 Å². The van der Waals surface area contributed by atoms with E-state index < -0.39 is 16.1 Å². The number of benzene rings is 2. The Morgan fingerprint density at radius 3 is 2.07 bits per heavy atom. The third kappa shape index (κ3) is 6.88. The Balaban J connectivity index is 2.00. The lowest BCUT2D eigenvalue weighted by molar-refractivity contribution is -0.116. The van der Waals surface area contributed by atoms with Gasteiger partial charge in [0.1, 0.15) is 6.04 Å². The number of carbonyl (C=O) groups excluding carboxylic acids is 2. The lowest BCUT2D eigenvalue weighted by atomic mass is 10.2. The molecule has 1 atom stereocenters. The molecule has 0 fully saturated rings. The van der Waals surface area contributed by atoms with Crippen molar-refractivity contribution in [3.8, 4) is 0 Å². The molecule has 0 saturated heterocycles. The number of carbonyl (C=O) groups is 2. The van der Waals surface area contributed by atoms with Crippen LogP contribution in [-0.4, -0.2) is 32.3 Å². The normalized spacial score (nSPS) is 12.3. The van der Waals surface area contributed by atoms with Gasteiger partial charge >= 0.3 is 0 Å². The van der Waals surface area contributed by atoms with E-state index >= 15 is 0 Å². The van der Waals surface area contributed by atoms with Gasteiger partial charge in [0.2, 0.25) is 21.8 Å². The summed E-state index contributed by atoms with van der Waals surface area (Å²) in [6.07, 6.45) is 0. The average Bonchev–Trinajstić information content (AvgIpc) is 2.60.